The number of rotatable bonds is 4. The summed E-state index contributed by atoms with van der Waals surface area (Å²) >= 11 is 5.53. The quantitative estimate of drug-likeness (QED) is 0.647. The van der Waals surface area contributed by atoms with E-state index >= 15 is 0 Å². The highest BCUT2D eigenvalue weighted by molar-refractivity contribution is 6.18. The second kappa shape index (κ2) is 5.66. The zero-order chi connectivity index (χ0) is 11.2. The molecule has 1 N–H and O–H groups in total. The SMILES string of the molecule is ClC/C=C/CNc1ccc2c(c1)OCCO2. The van der Waals surface area contributed by atoms with Gasteiger partial charge >= 0.3 is 0 Å². The number of anilines is 1. The lowest BCUT2D eigenvalue weighted by atomic mass is 10.2. The molecule has 0 aromatic heterocycles. The zero-order valence-corrected chi connectivity index (χ0v) is 9.67. The molecule has 0 atom stereocenters. The Balaban J connectivity index is 1.97. The Morgan fingerprint density at radius 3 is 2.81 bits per heavy atom. The molecule has 1 aliphatic heterocycles. The van der Waals surface area contributed by atoms with E-state index in [1.807, 2.05) is 30.4 Å². The lowest BCUT2D eigenvalue weighted by Crippen LogP contribution is -2.15. The van der Waals surface area contributed by atoms with Crippen molar-refractivity contribution < 1.29 is 9.47 Å². The van der Waals surface area contributed by atoms with Crippen molar-refractivity contribution in [2.45, 2.75) is 0 Å². The molecule has 1 aromatic carbocycles. The summed E-state index contributed by atoms with van der Waals surface area (Å²) in [4.78, 5) is 0. The summed E-state index contributed by atoms with van der Waals surface area (Å²) in [5.74, 6) is 2.16. The second-order valence-electron chi connectivity index (χ2n) is 3.37. The van der Waals surface area contributed by atoms with Gasteiger partial charge in [-0.1, -0.05) is 12.2 Å². The van der Waals surface area contributed by atoms with Crippen LogP contribution in [0.3, 0.4) is 0 Å². The third-order valence-corrected chi connectivity index (χ3v) is 2.40. The summed E-state index contributed by atoms with van der Waals surface area (Å²) in [7, 11) is 0. The molecule has 0 saturated heterocycles. The number of benzene rings is 1. The first-order valence-electron chi connectivity index (χ1n) is 5.24. The number of allylic oxidation sites excluding steroid dienone is 1. The Bertz CT molecular complexity index is 379. The first kappa shape index (κ1) is 11.1. The first-order valence-corrected chi connectivity index (χ1v) is 5.78. The fourth-order valence-corrected chi connectivity index (χ4v) is 1.60. The van der Waals surface area contributed by atoms with Gasteiger partial charge < -0.3 is 14.8 Å². The largest absolute Gasteiger partial charge is 0.486 e. The maximum absolute atomic E-state index is 5.53. The van der Waals surface area contributed by atoms with Crippen LogP contribution in [0.1, 0.15) is 0 Å². The van der Waals surface area contributed by atoms with Crippen molar-refractivity contribution in [2.75, 3.05) is 31.0 Å². The average molecular weight is 240 g/mol. The maximum Gasteiger partial charge on any atom is 0.163 e. The van der Waals surface area contributed by atoms with E-state index in [1.54, 1.807) is 0 Å². The van der Waals surface area contributed by atoms with Gasteiger partial charge in [-0.05, 0) is 12.1 Å². The van der Waals surface area contributed by atoms with Crippen LogP contribution in [0.15, 0.2) is 30.4 Å². The Morgan fingerprint density at radius 2 is 2.00 bits per heavy atom. The van der Waals surface area contributed by atoms with E-state index in [9.17, 15) is 0 Å². The highest BCUT2D eigenvalue weighted by atomic mass is 35.5. The van der Waals surface area contributed by atoms with Crippen LogP contribution in [0.4, 0.5) is 5.69 Å². The van der Waals surface area contributed by atoms with Crippen molar-refractivity contribution in [3.63, 3.8) is 0 Å². The van der Waals surface area contributed by atoms with Crippen LogP contribution >= 0.6 is 11.6 Å². The topological polar surface area (TPSA) is 30.5 Å². The van der Waals surface area contributed by atoms with E-state index in [4.69, 9.17) is 21.1 Å². The summed E-state index contributed by atoms with van der Waals surface area (Å²) < 4.78 is 10.9. The second-order valence-corrected chi connectivity index (χ2v) is 3.67. The van der Waals surface area contributed by atoms with Crippen LogP contribution in [-0.2, 0) is 0 Å². The monoisotopic (exact) mass is 239 g/mol. The van der Waals surface area contributed by atoms with Crippen molar-refractivity contribution in [1.29, 1.82) is 0 Å². The Morgan fingerprint density at radius 1 is 1.19 bits per heavy atom. The molecule has 16 heavy (non-hydrogen) atoms. The van der Waals surface area contributed by atoms with Gasteiger partial charge in [-0.3, -0.25) is 0 Å². The van der Waals surface area contributed by atoms with Gasteiger partial charge in [0.25, 0.3) is 0 Å². The van der Waals surface area contributed by atoms with E-state index in [-0.39, 0.29) is 0 Å². The average Bonchev–Trinajstić information content (AvgIpc) is 2.34. The minimum atomic E-state index is 0.544. The molecule has 0 bridgehead atoms. The number of halogens is 1. The van der Waals surface area contributed by atoms with Crippen molar-refractivity contribution in [2.24, 2.45) is 0 Å². The predicted octanol–water partition coefficient (Wildman–Crippen LogP) is 2.66. The maximum atomic E-state index is 5.53. The van der Waals surface area contributed by atoms with Crippen LogP contribution in [0, 0.1) is 0 Å². The minimum absolute atomic E-state index is 0.544. The lowest BCUT2D eigenvalue weighted by Gasteiger charge is -2.19. The van der Waals surface area contributed by atoms with Crippen molar-refractivity contribution in [3.05, 3.63) is 30.4 Å². The standard InChI is InChI=1S/C12H14ClNO2/c13-5-1-2-6-14-10-3-4-11-12(9-10)16-8-7-15-11/h1-4,9,14H,5-8H2/b2-1+. The Labute approximate surface area is 100 Å². The molecule has 1 aliphatic rings. The molecule has 0 radical (unpaired) electrons. The summed E-state index contributed by atoms with van der Waals surface area (Å²) in [6.45, 7) is 1.99. The molecule has 0 fully saturated rings. The molecule has 3 nitrogen and oxygen atoms in total. The highest BCUT2D eigenvalue weighted by Gasteiger charge is 2.10. The molecule has 2 rings (SSSR count). The van der Waals surface area contributed by atoms with Gasteiger partial charge in [0.2, 0.25) is 0 Å². The fraction of sp³-hybridized carbons (Fsp3) is 0.333. The molecular weight excluding hydrogens is 226 g/mol. The van der Waals surface area contributed by atoms with Crippen molar-refractivity contribution >= 4 is 17.3 Å². The summed E-state index contributed by atoms with van der Waals surface area (Å²) in [5.41, 5.74) is 1.02. The van der Waals surface area contributed by atoms with Gasteiger partial charge in [0.15, 0.2) is 11.5 Å². The van der Waals surface area contributed by atoms with Gasteiger partial charge in [0.05, 0.1) is 0 Å². The Hall–Kier alpha value is -1.35. The van der Waals surface area contributed by atoms with Crippen LogP contribution < -0.4 is 14.8 Å². The number of hydrogen-bond donors (Lipinski definition) is 1. The number of ether oxygens (including phenoxy) is 2. The molecule has 86 valence electrons. The predicted molar refractivity (Wildman–Crippen MR) is 65.8 cm³/mol. The zero-order valence-electron chi connectivity index (χ0n) is 8.91. The van der Waals surface area contributed by atoms with Gasteiger partial charge in [-0.15, -0.1) is 11.6 Å². The van der Waals surface area contributed by atoms with E-state index in [2.05, 4.69) is 5.32 Å². The number of alkyl halides is 1. The molecule has 4 heteroatoms. The van der Waals surface area contributed by atoms with Crippen molar-refractivity contribution in [3.8, 4) is 11.5 Å². The molecule has 0 unspecified atom stereocenters. The summed E-state index contributed by atoms with van der Waals surface area (Å²) in [6.07, 6.45) is 3.90. The molecule has 1 aromatic rings. The number of fused-ring (bicyclic) bond motifs is 1. The van der Waals surface area contributed by atoms with E-state index in [1.165, 1.54) is 0 Å². The van der Waals surface area contributed by atoms with Crippen LogP contribution in [0.5, 0.6) is 11.5 Å². The third-order valence-electron chi connectivity index (χ3n) is 2.22. The smallest absolute Gasteiger partial charge is 0.163 e. The molecule has 0 saturated carbocycles. The van der Waals surface area contributed by atoms with Gasteiger partial charge in [0, 0.05) is 24.2 Å². The van der Waals surface area contributed by atoms with Crippen LogP contribution in [-0.4, -0.2) is 25.6 Å². The number of nitrogens with one attached hydrogen (secondary N) is 1. The van der Waals surface area contributed by atoms with Crippen LogP contribution in [0.25, 0.3) is 0 Å². The molecular formula is C12H14ClNO2. The van der Waals surface area contributed by atoms with E-state index in [0.29, 0.717) is 19.1 Å². The molecule has 1 heterocycles. The molecule has 0 amide bonds. The summed E-state index contributed by atoms with van der Waals surface area (Å²) in [5, 5.41) is 3.25. The highest BCUT2D eigenvalue weighted by Crippen LogP contribution is 2.32. The van der Waals surface area contributed by atoms with Gasteiger partial charge in [-0.25, -0.2) is 0 Å². The molecule has 0 aliphatic carbocycles. The number of hydrogen-bond acceptors (Lipinski definition) is 3. The van der Waals surface area contributed by atoms with E-state index in [0.717, 1.165) is 23.7 Å². The third kappa shape index (κ3) is 2.83. The summed E-state index contributed by atoms with van der Waals surface area (Å²) in [6, 6.07) is 5.84. The molecule has 0 spiro atoms. The van der Waals surface area contributed by atoms with Gasteiger partial charge in [0.1, 0.15) is 13.2 Å². The fourth-order valence-electron chi connectivity index (χ4n) is 1.48. The van der Waals surface area contributed by atoms with Gasteiger partial charge in [-0.2, -0.15) is 0 Å². The normalized spacial score (nSPS) is 14.1. The minimum Gasteiger partial charge on any atom is -0.486 e. The first-order chi connectivity index (χ1) is 7.90. The van der Waals surface area contributed by atoms with Crippen LogP contribution in [0.2, 0.25) is 0 Å². The van der Waals surface area contributed by atoms with Crippen molar-refractivity contribution in [1.82, 2.24) is 0 Å². The lowest BCUT2D eigenvalue weighted by molar-refractivity contribution is 0.171. The Kier molecular flexibility index (Phi) is 3.94. The van der Waals surface area contributed by atoms with E-state index < -0.39 is 0 Å².